The molecule has 3 rings (SSSR count). The number of nitrogens with zero attached hydrogens (tertiary/aromatic N) is 3. The predicted molar refractivity (Wildman–Crippen MR) is 97.6 cm³/mol. The van der Waals surface area contributed by atoms with Crippen LogP contribution in [-0.2, 0) is 6.61 Å². The molecule has 0 spiro atoms. The third kappa shape index (κ3) is 4.57. The summed E-state index contributed by atoms with van der Waals surface area (Å²) in [6, 6.07) is 14.0. The van der Waals surface area contributed by atoms with E-state index in [1.54, 1.807) is 18.3 Å². The van der Waals surface area contributed by atoms with Crippen LogP contribution in [0.3, 0.4) is 0 Å². The average Bonchev–Trinajstić information content (AvgIpc) is 2.67. The normalized spacial score (nSPS) is 15.4. The lowest BCUT2D eigenvalue weighted by molar-refractivity contribution is 0.0662. The van der Waals surface area contributed by atoms with Gasteiger partial charge in [0.1, 0.15) is 6.61 Å². The zero-order valence-corrected chi connectivity index (χ0v) is 14.9. The molecule has 25 heavy (non-hydrogen) atoms. The number of benzene rings is 1. The van der Waals surface area contributed by atoms with Gasteiger partial charge in [0, 0.05) is 37.0 Å². The topological polar surface area (TPSA) is 45.7 Å². The van der Waals surface area contributed by atoms with E-state index in [0.717, 1.165) is 31.5 Å². The van der Waals surface area contributed by atoms with Crippen molar-refractivity contribution in [3.8, 4) is 5.88 Å². The van der Waals surface area contributed by atoms with Crippen LogP contribution >= 0.6 is 0 Å². The molecule has 1 saturated heterocycles. The minimum atomic E-state index is 0.0594. The fourth-order valence-electron chi connectivity index (χ4n) is 3.12. The van der Waals surface area contributed by atoms with Gasteiger partial charge in [-0.1, -0.05) is 30.3 Å². The number of carbonyl (C=O) groups excluding carboxylic acids is 1. The standard InChI is InChI=1S/C20H25N3O2/c1-22(2)18-9-12-23(13-10-18)20(24)17-8-11-21-19(14-17)25-15-16-6-4-3-5-7-16/h3-8,11,14,18H,9-10,12-13,15H2,1-2H3. The molecule has 1 aliphatic rings. The number of amides is 1. The Morgan fingerprint density at radius 2 is 1.92 bits per heavy atom. The summed E-state index contributed by atoms with van der Waals surface area (Å²) in [5, 5.41) is 0. The zero-order valence-electron chi connectivity index (χ0n) is 14.9. The highest BCUT2D eigenvalue weighted by Crippen LogP contribution is 2.18. The van der Waals surface area contributed by atoms with Gasteiger partial charge >= 0.3 is 0 Å². The number of rotatable bonds is 5. The van der Waals surface area contributed by atoms with Crippen LogP contribution in [0.5, 0.6) is 5.88 Å². The molecule has 5 nitrogen and oxygen atoms in total. The summed E-state index contributed by atoms with van der Waals surface area (Å²) < 4.78 is 5.73. The Bertz CT molecular complexity index is 695. The fourth-order valence-corrected chi connectivity index (χ4v) is 3.12. The van der Waals surface area contributed by atoms with Crippen molar-refractivity contribution in [2.75, 3.05) is 27.2 Å². The van der Waals surface area contributed by atoms with Crippen LogP contribution in [0.2, 0.25) is 0 Å². The summed E-state index contributed by atoms with van der Waals surface area (Å²) in [4.78, 5) is 21.1. The van der Waals surface area contributed by atoms with Gasteiger partial charge < -0.3 is 14.5 Å². The Morgan fingerprint density at radius 1 is 1.20 bits per heavy atom. The Hall–Kier alpha value is -2.40. The van der Waals surface area contributed by atoms with Gasteiger partial charge in [-0.3, -0.25) is 4.79 Å². The van der Waals surface area contributed by atoms with Gasteiger partial charge in [-0.05, 0) is 38.6 Å². The largest absolute Gasteiger partial charge is 0.473 e. The van der Waals surface area contributed by atoms with Crippen molar-refractivity contribution in [3.63, 3.8) is 0 Å². The van der Waals surface area contributed by atoms with E-state index < -0.39 is 0 Å². The number of aromatic nitrogens is 1. The van der Waals surface area contributed by atoms with E-state index >= 15 is 0 Å². The lowest BCUT2D eigenvalue weighted by Crippen LogP contribution is -2.44. The van der Waals surface area contributed by atoms with Crippen molar-refractivity contribution in [3.05, 3.63) is 59.8 Å². The van der Waals surface area contributed by atoms with E-state index in [-0.39, 0.29) is 5.91 Å². The molecule has 1 aromatic carbocycles. The lowest BCUT2D eigenvalue weighted by Gasteiger charge is -2.35. The highest BCUT2D eigenvalue weighted by atomic mass is 16.5. The fraction of sp³-hybridized carbons (Fsp3) is 0.400. The number of hydrogen-bond donors (Lipinski definition) is 0. The summed E-state index contributed by atoms with van der Waals surface area (Å²) in [5.74, 6) is 0.544. The van der Waals surface area contributed by atoms with Crippen molar-refractivity contribution in [1.82, 2.24) is 14.8 Å². The van der Waals surface area contributed by atoms with E-state index in [0.29, 0.717) is 24.1 Å². The van der Waals surface area contributed by atoms with E-state index in [2.05, 4.69) is 24.0 Å². The lowest BCUT2D eigenvalue weighted by atomic mass is 10.0. The van der Waals surface area contributed by atoms with Gasteiger partial charge in [0.25, 0.3) is 5.91 Å². The third-order valence-electron chi connectivity index (χ3n) is 4.69. The maximum absolute atomic E-state index is 12.7. The monoisotopic (exact) mass is 339 g/mol. The second-order valence-corrected chi connectivity index (χ2v) is 6.64. The first-order valence-electron chi connectivity index (χ1n) is 8.72. The van der Waals surface area contributed by atoms with Crippen molar-refractivity contribution >= 4 is 5.91 Å². The predicted octanol–water partition coefficient (Wildman–Crippen LogP) is 2.83. The van der Waals surface area contributed by atoms with Gasteiger partial charge in [0.15, 0.2) is 0 Å². The van der Waals surface area contributed by atoms with E-state index in [1.807, 2.05) is 35.2 Å². The molecule has 132 valence electrons. The molecule has 0 saturated carbocycles. The van der Waals surface area contributed by atoms with Crippen LogP contribution in [-0.4, -0.2) is 53.9 Å². The maximum atomic E-state index is 12.7. The first-order valence-corrected chi connectivity index (χ1v) is 8.72. The summed E-state index contributed by atoms with van der Waals surface area (Å²) in [5.41, 5.74) is 1.72. The summed E-state index contributed by atoms with van der Waals surface area (Å²) in [6.07, 6.45) is 3.67. The number of hydrogen-bond acceptors (Lipinski definition) is 4. The molecular weight excluding hydrogens is 314 g/mol. The molecule has 0 aliphatic carbocycles. The zero-order chi connectivity index (χ0) is 17.6. The smallest absolute Gasteiger partial charge is 0.254 e. The minimum Gasteiger partial charge on any atom is -0.473 e. The summed E-state index contributed by atoms with van der Waals surface area (Å²) in [6.45, 7) is 2.04. The molecule has 0 radical (unpaired) electrons. The van der Waals surface area contributed by atoms with Gasteiger partial charge in [-0.15, -0.1) is 0 Å². The molecule has 2 aromatic rings. The molecule has 1 fully saturated rings. The average molecular weight is 339 g/mol. The second kappa shape index (κ2) is 8.12. The number of piperidine rings is 1. The summed E-state index contributed by atoms with van der Waals surface area (Å²) in [7, 11) is 4.20. The number of ether oxygens (including phenoxy) is 1. The Kier molecular flexibility index (Phi) is 5.66. The van der Waals surface area contributed by atoms with Gasteiger partial charge in [0.2, 0.25) is 5.88 Å². The highest BCUT2D eigenvalue weighted by molar-refractivity contribution is 5.94. The van der Waals surface area contributed by atoms with E-state index in [4.69, 9.17) is 4.74 Å². The minimum absolute atomic E-state index is 0.0594. The third-order valence-corrected chi connectivity index (χ3v) is 4.69. The molecule has 0 atom stereocenters. The highest BCUT2D eigenvalue weighted by Gasteiger charge is 2.24. The second-order valence-electron chi connectivity index (χ2n) is 6.64. The van der Waals surface area contributed by atoms with Crippen molar-refractivity contribution in [2.24, 2.45) is 0 Å². The Labute approximate surface area is 149 Å². The van der Waals surface area contributed by atoms with Crippen LogP contribution in [0.25, 0.3) is 0 Å². The van der Waals surface area contributed by atoms with Crippen LogP contribution < -0.4 is 4.74 Å². The molecule has 2 heterocycles. The van der Waals surface area contributed by atoms with Crippen molar-refractivity contribution < 1.29 is 9.53 Å². The van der Waals surface area contributed by atoms with E-state index in [1.165, 1.54) is 0 Å². The quantitative estimate of drug-likeness (QED) is 0.840. The van der Waals surface area contributed by atoms with Crippen molar-refractivity contribution in [2.45, 2.75) is 25.5 Å². The molecule has 0 N–H and O–H groups in total. The molecule has 1 amide bonds. The van der Waals surface area contributed by atoms with Gasteiger partial charge in [0.05, 0.1) is 0 Å². The SMILES string of the molecule is CN(C)C1CCN(C(=O)c2ccnc(OCc3ccccc3)c2)CC1. The Morgan fingerprint density at radius 3 is 2.60 bits per heavy atom. The first-order chi connectivity index (χ1) is 12.1. The van der Waals surface area contributed by atoms with Crippen molar-refractivity contribution in [1.29, 1.82) is 0 Å². The molecule has 1 aromatic heterocycles. The maximum Gasteiger partial charge on any atom is 0.254 e. The van der Waals surface area contributed by atoms with Crippen LogP contribution in [0.15, 0.2) is 48.7 Å². The number of pyridine rings is 1. The van der Waals surface area contributed by atoms with Crippen LogP contribution in [0.1, 0.15) is 28.8 Å². The number of carbonyl (C=O) groups is 1. The molecule has 1 aliphatic heterocycles. The first kappa shape index (κ1) is 17.4. The summed E-state index contributed by atoms with van der Waals surface area (Å²) >= 11 is 0. The van der Waals surface area contributed by atoms with Crippen LogP contribution in [0, 0.1) is 0 Å². The van der Waals surface area contributed by atoms with Gasteiger partial charge in [-0.25, -0.2) is 4.98 Å². The molecule has 0 unspecified atom stereocenters. The van der Waals surface area contributed by atoms with E-state index in [9.17, 15) is 4.79 Å². The molecule has 0 bridgehead atoms. The van der Waals surface area contributed by atoms with Gasteiger partial charge in [-0.2, -0.15) is 0 Å². The molecule has 5 heteroatoms. The molecular formula is C20H25N3O2. The van der Waals surface area contributed by atoms with Crippen LogP contribution in [0.4, 0.5) is 0 Å². The Balaban J connectivity index is 1.60. The number of likely N-dealkylation sites (tertiary alicyclic amines) is 1.